The first-order valence-corrected chi connectivity index (χ1v) is 8.26. The molecule has 9 heteroatoms. The molecular formula is C18H20Cl2N6O. The number of anilines is 1. The highest BCUT2D eigenvalue weighted by molar-refractivity contribution is 5.98. The molecule has 0 amide bonds. The van der Waals surface area contributed by atoms with Crippen molar-refractivity contribution in [2.45, 2.75) is 19.9 Å². The highest BCUT2D eigenvalue weighted by atomic mass is 35.5. The Morgan fingerprint density at radius 2 is 1.93 bits per heavy atom. The number of aryl methyl sites for hydroxylation is 1. The predicted octanol–water partition coefficient (Wildman–Crippen LogP) is 3.19. The van der Waals surface area contributed by atoms with Crippen molar-refractivity contribution in [1.29, 1.82) is 0 Å². The summed E-state index contributed by atoms with van der Waals surface area (Å²) in [6.07, 6.45) is 6.01. The Bertz CT molecular complexity index is 1090. The second kappa shape index (κ2) is 8.83. The van der Waals surface area contributed by atoms with E-state index in [0.717, 1.165) is 40.7 Å². The van der Waals surface area contributed by atoms with Gasteiger partial charge in [0.1, 0.15) is 12.1 Å². The summed E-state index contributed by atoms with van der Waals surface area (Å²) in [5.74, 6) is 0.769. The Morgan fingerprint density at radius 1 is 1.15 bits per heavy atom. The first-order chi connectivity index (χ1) is 12.3. The predicted molar refractivity (Wildman–Crippen MR) is 112 cm³/mol. The lowest BCUT2D eigenvalue weighted by molar-refractivity contribution is 0.753. The number of nitrogens with one attached hydrogen (secondary N) is 2. The van der Waals surface area contributed by atoms with Crippen molar-refractivity contribution in [3.63, 3.8) is 0 Å². The summed E-state index contributed by atoms with van der Waals surface area (Å²) in [7, 11) is 0. The van der Waals surface area contributed by atoms with Crippen LogP contribution in [0.1, 0.15) is 12.5 Å². The van der Waals surface area contributed by atoms with E-state index in [1.165, 1.54) is 5.56 Å². The molecule has 3 heterocycles. The third kappa shape index (κ3) is 4.04. The van der Waals surface area contributed by atoms with Crippen molar-refractivity contribution in [1.82, 2.24) is 24.5 Å². The minimum absolute atomic E-state index is 0. The van der Waals surface area contributed by atoms with Gasteiger partial charge in [0.2, 0.25) is 0 Å². The number of rotatable bonds is 5. The molecule has 2 N–H and O–H groups in total. The monoisotopic (exact) mass is 406 g/mol. The maximum absolute atomic E-state index is 12.0. The number of hydrogen-bond acceptors (Lipinski definition) is 5. The molecule has 0 aliphatic rings. The number of benzene rings is 1. The van der Waals surface area contributed by atoms with E-state index < -0.39 is 0 Å². The number of fused-ring (bicyclic) bond motifs is 2. The molecule has 0 saturated carbocycles. The van der Waals surface area contributed by atoms with Crippen molar-refractivity contribution < 1.29 is 0 Å². The van der Waals surface area contributed by atoms with E-state index in [-0.39, 0.29) is 30.5 Å². The molecule has 3 aromatic heterocycles. The Kier molecular flexibility index (Phi) is 6.76. The Labute approximate surface area is 168 Å². The summed E-state index contributed by atoms with van der Waals surface area (Å²) in [5.41, 5.74) is 3.59. The van der Waals surface area contributed by atoms with Gasteiger partial charge in [-0.05, 0) is 43.2 Å². The molecular weight excluding hydrogens is 387 g/mol. The van der Waals surface area contributed by atoms with Crippen LogP contribution in [0.2, 0.25) is 0 Å². The summed E-state index contributed by atoms with van der Waals surface area (Å²) < 4.78 is 1.70. The summed E-state index contributed by atoms with van der Waals surface area (Å²) in [6.45, 7) is 3.32. The minimum Gasteiger partial charge on any atom is -0.369 e. The normalized spacial score (nSPS) is 10.4. The fraction of sp³-hybridized carbons (Fsp3) is 0.222. The molecule has 4 rings (SSSR count). The number of aromatic amines is 1. The molecule has 4 aromatic rings. The van der Waals surface area contributed by atoms with Gasteiger partial charge in [0.05, 0.1) is 16.6 Å². The Morgan fingerprint density at radius 3 is 2.67 bits per heavy atom. The van der Waals surface area contributed by atoms with Crippen LogP contribution in [0.3, 0.4) is 0 Å². The van der Waals surface area contributed by atoms with Crippen LogP contribution in [0, 0.1) is 0 Å². The van der Waals surface area contributed by atoms with E-state index in [1.807, 2.05) is 31.2 Å². The van der Waals surface area contributed by atoms with Crippen molar-refractivity contribution in [2.75, 3.05) is 11.9 Å². The van der Waals surface area contributed by atoms with E-state index >= 15 is 0 Å². The molecule has 142 valence electrons. The zero-order valence-electron chi connectivity index (χ0n) is 14.7. The summed E-state index contributed by atoms with van der Waals surface area (Å²) in [5, 5.41) is 4.26. The van der Waals surface area contributed by atoms with E-state index in [1.54, 1.807) is 23.3 Å². The van der Waals surface area contributed by atoms with Crippen LogP contribution in [0.4, 0.5) is 5.82 Å². The standard InChI is InChI=1S/C18H18N6O.2ClH/c1-2-24-16-10-14-13(9-15(16)23-18(24)25)17(22-11-21-14)20-8-5-12-3-6-19-7-4-12;;/h3-4,6-7,9-11H,2,5,8H2,1H3,(H,23,25)(H,20,21,22);2*1H. The quantitative estimate of drug-likeness (QED) is 0.531. The zero-order chi connectivity index (χ0) is 17.2. The first kappa shape index (κ1) is 20.7. The van der Waals surface area contributed by atoms with Crippen molar-refractivity contribution in [3.8, 4) is 0 Å². The fourth-order valence-electron chi connectivity index (χ4n) is 3.04. The van der Waals surface area contributed by atoms with Crippen LogP contribution in [0.25, 0.3) is 21.9 Å². The average molecular weight is 407 g/mol. The molecule has 7 nitrogen and oxygen atoms in total. The third-order valence-electron chi connectivity index (χ3n) is 4.30. The van der Waals surface area contributed by atoms with Crippen molar-refractivity contribution >= 4 is 52.6 Å². The average Bonchev–Trinajstić information content (AvgIpc) is 2.95. The highest BCUT2D eigenvalue weighted by Gasteiger charge is 2.10. The van der Waals surface area contributed by atoms with Gasteiger partial charge >= 0.3 is 5.69 Å². The van der Waals surface area contributed by atoms with Crippen molar-refractivity contribution in [3.05, 3.63) is 59.0 Å². The lowest BCUT2D eigenvalue weighted by Gasteiger charge is -2.09. The number of halogens is 2. The molecule has 0 aliphatic heterocycles. The number of hydrogen-bond donors (Lipinski definition) is 2. The summed E-state index contributed by atoms with van der Waals surface area (Å²) in [4.78, 5) is 27.7. The molecule has 0 radical (unpaired) electrons. The van der Waals surface area contributed by atoms with Gasteiger partial charge in [-0.1, -0.05) is 0 Å². The summed E-state index contributed by atoms with van der Waals surface area (Å²) >= 11 is 0. The lowest BCUT2D eigenvalue weighted by atomic mass is 10.2. The number of aromatic nitrogens is 5. The largest absolute Gasteiger partial charge is 0.369 e. The Hall–Kier alpha value is -2.64. The van der Waals surface area contributed by atoms with Gasteiger partial charge in [-0.25, -0.2) is 14.8 Å². The van der Waals surface area contributed by atoms with E-state index in [9.17, 15) is 4.79 Å². The topological polar surface area (TPSA) is 88.5 Å². The Balaban J connectivity index is 0.00000131. The van der Waals surface area contributed by atoms with Crippen LogP contribution in [-0.2, 0) is 13.0 Å². The number of pyridine rings is 1. The van der Waals surface area contributed by atoms with Gasteiger partial charge in [-0.15, -0.1) is 24.8 Å². The lowest BCUT2D eigenvalue weighted by Crippen LogP contribution is -2.14. The van der Waals surface area contributed by atoms with Crippen LogP contribution in [-0.4, -0.2) is 31.0 Å². The molecule has 1 aromatic carbocycles. The molecule has 0 atom stereocenters. The molecule has 0 spiro atoms. The van der Waals surface area contributed by atoms with Gasteiger partial charge in [0, 0.05) is 30.9 Å². The second-order valence-corrected chi connectivity index (χ2v) is 5.82. The molecule has 0 bridgehead atoms. The number of imidazole rings is 1. The zero-order valence-corrected chi connectivity index (χ0v) is 16.3. The molecule has 0 unspecified atom stereocenters. The molecule has 0 fully saturated rings. The smallest absolute Gasteiger partial charge is 0.326 e. The highest BCUT2D eigenvalue weighted by Crippen LogP contribution is 2.24. The van der Waals surface area contributed by atoms with E-state index in [4.69, 9.17) is 0 Å². The number of nitrogens with zero attached hydrogens (tertiary/aromatic N) is 4. The fourth-order valence-corrected chi connectivity index (χ4v) is 3.04. The molecule has 0 aliphatic carbocycles. The van der Waals surface area contributed by atoms with Gasteiger partial charge in [-0.3, -0.25) is 9.55 Å². The van der Waals surface area contributed by atoms with E-state index in [2.05, 4.69) is 25.3 Å². The van der Waals surface area contributed by atoms with Gasteiger partial charge in [0.15, 0.2) is 0 Å². The molecule has 0 saturated heterocycles. The van der Waals surface area contributed by atoms with Crippen molar-refractivity contribution in [2.24, 2.45) is 0 Å². The second-order valence-electron chi connectivity index (χ2n) is 5.82. The maximum Gasteiger partial charge on any atom is 0.326 e. The maximum atomic E-state index is 12.0. The van der Waals surface area contributed by atoms with Crippen LogP contribution in [0.5, 0.6) is 0 Å². The first-order valence-electron chi connectivity index (χ1n) is 8.26. The molecule has 27 heavy (non-hydrogen) atoms. The minimum atomic E-state index is -0.104. The number of H-pyrrole nitrogens is 1. The van der Waals surface area contributed by atoms with Crippen LogP contribution < -0.4 is 11.0 Å². The van der Waals surface area contributed by atoms with Gasteiger partial charge in [0.25, 0.3) is 0 Å². The van der Waals surface area contributed by atoms with Gasteiger partial charge < -0.3 is 10.3 Å². The SMILES string of the molecule is CCn1c(=O)[nH]c2cc3c(NCCc4ccncc4)ncnc3cc21.Cl.Cl. The van der Waals surface area contributed by atoms with Gasteiger partial charge in [-0.2, -0.15) is 0 Å². The third-order valence-corrected chi connectivity index (χ3v) is 4.30. The van der Waals surface area contributed by atoms with Crippen LogP contribution >= 0.6 is 24.8 Å². The summed E-state index contributed by atoms with van der Waals surface area (Å²) in [6, 6.07) is 7.87. The van der Waals surface area contributed by atoms with E-state index in [0.29, 0.717) is 6.54 Å². The van der Waals surface area contributed by atoms with Crippen LogP contribution in [0.15, 0.2) is 47.8 Å².